The number of carbonyl (C=O) groups excluding carboxylic acids is 2. The van der Waals surface area contributed by atoms with Crippen LogP contribution < -0.4 is 15.5 Å². The molecule has 1 fully saturated rings. The second kappa shape index (κ2) is 8.96. The quantitative estimate of drug-likeness (QED) is 0.807. The van der Waals surface area contributed by atoms with E-state index in [4.69, 9.17) is 4.74 Å². The maximum atomic E-state index is 12.1. The van der Waals surface area contributed by atoms with Gasteiger partial charge in [0.25, 0.3) is 5.91 Å². The summed E-state index contributed by atoms with van der Waals surface area (Å²) in [6.07, 6.45) is 1.75. The van der Waals surface area contributed by atoms with E-state index in [1.165, 1.54) is 0 Å². The van der Waals surface area contributed by atoms with Crippen molar-refractivity contribution in [2.24, 2.45) is 0 Å². The minimum atomic E-state index is -0.267. The molecule has 1 aliphatic rings. The number of ether oxygens (including phenoxy) is 1. The Kier molecular flexibility index (Phi) is 6.16. The van der Waals surface area contributed by atoms with Gasteiger partial charge >= 0.3 is 0 Å². The Morgan fingerprint density at radius 2 is 1.81 bits per heavy atom. The van der Waals surface area contributed by atoms with E-state index < -0.39 is 0 Å². The van der Waals surface area contributed by atoms with Gasteiger partial charge in [-0.1, -0.05) is 24.3 Å². The van der Waals surface area contributed by atoms with Crippen LogP contribution >= 0.6 is 0 Å². The predicted molar refractivity (Wildman–Crippen MR) is 97.9 cm³/mol. The topological polar surface area (TPSA) is 83.6 Å². The van der Waals surface area contributed by atoms with Gasteiger partial charge in [-0.3, -0.25) is 9.59 Å². The first-order chi connectivity index (χ1) is 12.7. The van der Waals surface area contributed by atoms with E-state index in [-0.39, 0.29) is 18.4 Å². The van der Waals surface area contributed by atoms with Crippen LogP contribution in [0.1, 0.15) is 15.9 Å². The summed E-state index contributed by atoms with van der Waals surface area (Å²) in [6, 6.07) is 12.6. The molecule has 7 heteroatoms. The van der Waals surface area contributed by atoms with Crippen molar-refractivity contribution in [1.29, 1.82) is 0 Å². The minimum absolute atomic E-state index is 0.0686. The standard InChI is InChI=1S/C19H22N4O3/c24-17(14-22-19(25)15-5-2-1-3-6-15)21-13-16-7-4-8-20-18(16)23-9-11-26-12-10-23/h1-8H,9-14H2,(H,21,24)(H,22,25). The molecule has 26 heavy (non-hydrogen) atoms. The number of amides is 2. The van der Waals surface area contributed by atoms with Crippen molar-refractivity contribution in [1.82, 2.24) is 15.6 Å². The number of carbonyl (C=O) groups is 2. The van der Waals surface area contributed by atoms with Crippen LogP contribution in [0.25, 0.3) is 0 Å². The summed E-state index contributed by atoms with van der Waals surface area (Å²) in [7, 11) is 0. The Morgan fingerprint density at radius 3 is 2.58 bits per heavy atom. The number of rotatable bonds is 6. The highest BCUT2D eigenvalue weighted by molar-refractivity contribution is 5.96. The molecule has 2 aromatic rings. The number of hydrogen-bond acceptors (Lipinski definition) is 5. The van der Waals surface area contributed by atoms with Gasteiger partial charge in [0, 0.05) is 37.0 Å². The number of nitrogens with one attached hydrogen (secondary N) is 2. The molecule has 1 saturated heterocycles. The highest BCUT2D eigenvalue weighted by Crippen LogP contribution is 2.18. The van der Waals surface area contributed by atoms with Crippen LogP contribution in [-0.2, 0) is 16.1 Å². The molecule has 1 aromatic heterocycles. The van der Waals surface area contributed by atoms with Gasteiger partial charge in [0.2, 0.25) is 5.91 Å². The van der Waals surface area contributed by atoms with Crippen LogP contribution in [0, 0.1) is 0 Å². The Morgan fingerprint density at radius 1 is 1.04 bits per heavy atom. The first-order valence-corrected chi connectivity index (χ1v) is 8.60. The van der Waals surface area contributed by atoms with E-state index in [9.17, 15) is 9.59 Å². The number of nitrogens with zero attached hydrogens (tertiary/aromatic N) is 2. The third-order valence-electron chi connectivity index (χ3n) is 4.10. The van der Waals surface area contributed by atoms with Crippen molar-refractivity contribution < 1.29 is 14.3 Å². The molecule has 2 N–H and O–H groups in total. The molecule has 0 unspecified atom stereocenters. The number of benzene rings is 1. The van der Waals surface area contributed by atoms with Crippen LogP contribution in [0.4, 0.5) is 5.82 Å². The molecular weight excluding hydrogens is 332 g/mol. The molecule has 7 nitrogen and oxygen atoms in total. The van der Waals surface area contributed by atoms with Crippen molar-refractivity contribution in [2.45, 2.75) is 6.54 Å². The first kappa shape index (κ1) is 17.9. The molecule has 2 heterocycles. The number of pyridine rings is 1. The fraction of sp³-hybridized carbons (Fsp3) is 0.316. The monoisotopic (exact) mass is 354 g/mol. The SMILES string of the molecule is O=C(CNC(=O)c1ccccc1)NCc1cccnc1N1CCOCC1. The average molecular weight is 354 g/mol. The number of aromatic nitrogens is 1. The van der Waals surface area contributed by atoms with Crippen LogP contribution in [-0.4, -0.2) is 49.6 Å². The fourth-order valence-electron chi connectivity index (χ4n) is 2.74. The van der Waals surface area contributed by atoms with Crippen molar-refractivity contribution in [2.75, 3.05) is 37.7 Å². The zero-order valence-electron chi connectivity index (χ0n) is 14.5. The summed E-state index contributed by atoms with van der Waals surface area (Å²) >= 11 is 0. The van der Waals surface area contributed by atoms with Gasteiger partial charge < -0.3 is 20.3 Å². The zero-order chi connectivity index (χ0) is 18.2. The lowest BCUT2D eigenvalue weighted by atomic mass is 10.2. The molecule has 2 amide bonds. The second-order valence-corrected chi connectivity index (χ2v) is 5.91. The van der Waals surface area contributed by atoms with Gasteiger partial charge in [-0.05, 0) is 18.2 Å². The number of morpholine rings is 1. The van der Waals surface area contributed by atoms with Crippen molar-refractivity contribution in [3.8, 4) is 0 Å². The van der Waals surface area contributed by atoms with Crippen LogP contribution in [0.2, 0.25) is 0 Å². The second-order valence-electron chi connectivity index (χ2n) is 5.91. The Labute approximate surface area is 152 Å². The molecule has 0 saturated carbocycles. The lowest BCUT2D eigenvalue weighted by Crippen LogP contribution is -2.39. The molecule has 0 atom stereocenters. The van der Waals surface area contributed by atoms with E-state index in [1.807, 2.05) is 18.2 Å². The van der Waals surface area contributed by atoms with E-state index in [1.54, 1.807) is 30.5 Å². The Balaban J connectivity index is 1.51. The molecule has 1 aliphatic heterocycles. The molecule has 136 valence electrons. The molecule has 0 aliphatic carbocycles. The van der Waals surface area contributed by atoms with E-state index in [0.717, 1.165) is 24.5 Å². The normalized spacial score (nSPS) is 13.9. The smallest absolute Gasteiger partial charge is 0.251 e. The van der Waals surface area contributed by atoms with Crippen LogP contribution in [0.15, 0.2) is 48.7 Å². The largest absolute Gasteiger partial charge is 0.378 e. The van der Waals surface area contributed by atoms with Crippen molar-refractivity contribution >= 4 is 17.6 Å². The Bertz CT molecular complexity index is 745. The van der Waals surface area contributed by atoms with Crippen LogP contribution in [0.5, 0.6) is 0 Å². The molecule has 3 rings (SSSR count). The summed E-state index contributed by atoms with van der Waals surface area (Å²) < 4.78 is 5.37. The van der Waals surface area contributed by atoms with Crippen LogP contribution in [0.3, 0.4) is 0 Å². The van der Waals surface area contributed by atoms with E-state index in [0.29, 0.717) is 25.3 Å². The lowest BCUT2D eigenvalue weighted by molar-refractivity contribution is -0.120. The summed E-state index contributed by atoms with van der Waals surface area (Å²) in [6.45, 7) is 3.21. The maximum Gasteiger partial charge on any atom is 0.251 e. The van der Waals surface area contributed by atoms with Gasteiger partial charge in [0.1, 0.15) is 5.82 Å². The third kappa shape index (κ3) is 4.80. The van der Waals surface area contributed by atoms with Gasteiger partial charge in [-0.15, -0.1) is 0 Å². The lowest BCUT2D eigenvalue weighted by Gasteiger charge is -2.29. The summed E-state index contributed by atoms with van der Waals surface area (Å²) in [5.41, 5.74) is 1.47. The third-order valence-corrected chi connectivity index (χ3v) is 4.10. The van der Waals surface area contributed by atoms with Crippen molar-refractivity contribution in [3.05, 3.63) is 59.8 Å². The molecule has 1 aromatic carbocycles. The van der Waals surface area contributed by atoms with Gasteiger partial charge in [-0.25, -0.2) is 4.98 Å². The molecule has 0 spiro atoms. The van der Waals surface area contributed by atoms with Gasteiger partial charge in [-0.2, -0.15) is 0 Å². The van der Waals surface area contributed by atoms with Gasteiger partial charge in [0.05, 0.1) is 19.8 Å². The first-order valence-electron chi connectivity index (χ1n) is 8.60. The molecule has 0 radical (unpaired) electrons. The van der Waals surface area contributed by atoms with Gasteiger partial charge in [0.15, 0.2) is 0 Å². The summed E-state index contributed by atoms with van der Waals surface area (Å²) in [4.78, 5) is 30.6. The summed E-state index contributed by atoms with van der Waals surface area (Å²) in [5.74, 6) is 0.353. The minimum Gasteiger partial charge on any atom is -0.378 e. The Hall–Kier alpha value is -2.93. The summed E-state index contributed by atoms with van der Waals surface area (Å²) in [5, 5.41) is 5.45. The highest BCUT2D eigenvalue weighted by atomic mass is 16.5. The zero-order valence-corrected chi connectivity index (χ0v) is 14.5. The molecule has 0 bridgehead atoms. The number of hydrogen-bond donors (Lipinski definition) is 2. The highest BCUT2D eigenvalue weighted by Gasteiger charge is 2.16. The average Bonchev–Trinajstić information content (AvgIpc) is 2.72. The van der Waals surface area contributed by atoms with Crippen molar-refractivity contribution in [3.63, 3.8) is 0 Å². The maximum absolute atomic E-state index is 12.1. The predicted octanol–water partition coefficient (Wildman–Crippen LogP) is 0.964. The van der Waals surface area contributed by atoms with E-state index >= 15 is 0 Å². The molecular formula is C19H22N4O3. The van der Waals surface area contributed by atoms with E-state index in [2.05, 4.69) is 20.5 Å². The number of anilines is 1. The fourth-order valence-corrected chi connectivity index (χ4v) is 2.74.